The first-order valence-corrected chi connectivity index (χ1v) is 7.36. The van der Waals surface area contributed by atoms with Crippen molar-refractivity contribution in [3.63, 3.8) is 0 Å². The van der Waals surface area contributed by atoms with E-state index in [9.17, 15) is 9.59 Å². The molecule has 0 rings (SSSR count). The molecule has 0 aliphatic rings. The van der Waals surface area contributed by atoms with Gasteiger partial charge in [-0.1, -0.05) is 34.6 Å². The van der Waals surface area contributed by atoms with Crippen molar-refractivity contribution in [2.24, 2.45) is 17.3 Å². The number of aliphatic carboxylic acids is 1. The Morgan fingerprint density at radius 3 is 2.20 bits per heavy atom. The molecule has 0 spiro atoms. The maximum Gasteiger partial charge on any atom is 0.314 e. The number of carbonyl (C=O) groups excluding carboxylic acids is 1. The summed E-state index contributed by atoms with van der Waals surface area (Å²) in [6.07, 6.45) is 1.64. The Hall–Kier alpha value is -1.26. The summed E-state index contributed by atoms with van der Waals surface area (Å²) in [5, 5.41) is 14.3. The van der Waals surface area contributed by atoms with E-state index in [1.54, 1.807) is 0 Å². The second kappa shape index (κ2) is 8.82. The normalized spacial score (nSPS) is 14.4. The van der Waals surface area contributed by atoms with Crippen molar-refractivity contribution in [3.8, 4) is 0 Å². The first kappa shape index (κ1) is 18.7. The molecule has 0 heterocycles. The fourth-order valence-corrected chi connectivity index (χ4v) is 1.56. The lowest BCUT2D eigenvalue weighted by Gasteiger charge is -2.27. The van der Waals surface area contributed by atoms with Crippen molar-refractivity contribution < 1.29 is 14.7 Å². The van der Waals surface area contributed by atoms with E-state index in [1.165, 1.54) is 0 Å². The van der Waals surface area contributed by atoms with Gasteiger partial charge < -0.3 is 15.7 Å². The Labute approximate surface area is 122 Å². The monoisotopic (exact) mass is 286 g/mol. The summed E-state index contributed by atoms with van der Waals surface area (Å²) in [5.41, 5.74) is 0.179. The van der Waals surface area contributed by atoms with Gasteiger partial charge in [0.2, 0.25) is 0 Å². The summed E-state index contributed by atoms with van der Waals surface area (Å²) in [6, 6.07) is -0.147. The van der Waals surface area contributed by atoms with E-state index >= 15 is 0 Å². The molecule has 0 bridgehead atoms. The Bertz CT molecular complexity index is 311. The summed E-state index contributed by atoms with van der Waals surface area (Å²) >= 11 is 0. The topological polar surface area (TPSA) is 78.4 Å². The van der Waals surface area contributed by atoms with Crippen molar-refractivity contribution in [2.45, 2.75) is 53.9 Å². The van der Waals surface area contributed by atoms with Gasteiger partial charge in [-0.25, -0.2) is 4.79 Å². The molecule has 0 aliphatic carbocycles. The van der Waals surface area contributed by atoms with Gasteiger partial charge >= 0.3 is 12.0 Å². The lowest BCUT2D eigenvalue weighted by Crippen LogP contribution is -2.40. The smallest absolute Gasteiger partial charge is 0.314 e. The van der Waals surface area contributed by atoms with Gasteiger partial charge in [0.15, 0.2) is 0 Å². The van der Waals surface area contributed by atoms with Crippen LogP contribution in [0.1, 0.15) is 53.9 Å². The van der Waals surface area contributed by atoms with Crippen LogP contribution in [0.2, 0.25) is 0 Å². The van der Waals surface area contributed by atoms with Crippen molar-refractivity contribution in [3.05, 3.63) is 0 Å². The molecule has 0 saturated carbocycles. The molecule has 0 fully saturated rings. The zero-order chi connectivity index (χ0) is 15.8. The molecule has 0 radical (unpaired) electrons. The van der Waals surface area contributed by atoms with Crippen LogP contribution in [0, 0.1) is 17.3 Å². The Kier molecular flexibility index (Phi) is 8.26. The highest BCUT2D eigenvalue weighted by Crippen LogP contribution is 2.24. The number of carboxylic acid groups (broad SMARTS) is 1. The molecule has 3 N–H and O–H groups in total. The van der Waals surface area contributed by atoms with Crippen molar-refractivity contribution in [2.75, 3.05) is 13.1 Å². The van der Waals surface area contributed by atoms with Crippen molar-refractivity contribution in [1.29, 1.82) is 0 Å². The molecular weight excluding hydrogens is 256 g/mol. The first-order valence-electron chi connectivity index (χ1n) is 7.36. The van der Waals surface area contributed by atoms with Crippen LogP contribution in [0.25, 0.3) is 0 Å². The predicted octanol–water partition coefficient (Wildman–Crippen LogP) is 2.86. The predicted molar refractivity (Wildman–Crippen MR) is 80.7 cm³/mol. The van der Waals surface area contributed by atoms with Crippen LogP contribution in [-0.2, 0) is 4.79 Å². The summed E-state index contributed by atoms with van der Waals surface area (Å²) in [5.74, 6) is -0.0543. The minimum Gasteiger partial charge on any atom is -0.481 e. The third kappa shape index (κ3) is 9.64. The number of nitrogens with one attached hydrogen (secondary N) is 2. The Balaban J connectivity index is 3.71. The van der Waals surface area contributed by atoms with E-state index < -0.39 is 5.97 Å². The van der Waals surface area contributed by atoms with Gasteiger partial charge in [-0.3, -0.25) is 4.79 Å². The van der Waals surface area contributed by atoms with Crippen LogP contribution in [0.4, 0.5) is 4.79 Å². The van der Waals surface area contributed by atoms with E-state index in [2.05, 4.69) is 38.3 Å². The average molecular weight is 286 g/mol. The van der Waals surface area contributed by atoms with Gasteiger partial charge in [0, 0.05) is 19.5 Å². The molecule has 0 aromatic rings. The third-order valence-corrected chi connectivity index (χ3v) is 3.82. The van der Waals surface area contributed by atoms with E-state index in [4.69, 9.17) is 5.11 Å². The largest absolute Gasteiger partial charge is 0.481 e. The summed E-state index contributed by atoms with van der Waals surface area (Å²) in [4.78, 5) is 22.0. The van der Waals surface area contributed by atoms with E-state index in [1.807, 2.05) is 6.92 Å². The minimum atomic E-state index is -0.765. The molecule has 0 saturated heterocycles. The number of hydrogen-bond donors (Lipinski definition) is 3. The van der Waals surface area contributed by atoms with Crippen LogP contribution in [0.15, 0.2) is 0 Å². The van der Waals surface area contributed by atoms with Crippen LogP contribution in [0.3, 0.4) is 0 Å². The third-order valence-electron chi connectivity index (χ3n) is 3.82. The zero-order valence-electron chi connectivity index (χ0n) is 13.5. The molecular formula is C15H30N2O3. The molecule has 2 amide bonds. The number of amides is 2. The van der Waals surface area contributed by atoms with Crippen molar-refractivity contribution in [1.82, 2.24) is 10.6 Å². The molecule has 5 nitrogen and oxygen atoms in total. The highest BCUT2D eigenvalue weighted by atomic mass is 16.4. The molecule has 118 valence electrons. The Morgan fingerprint density at radius 2 is 1.70 bits per heavy atom. The molecule has 20 heavy (non-hydrogen) atoms. The van der Waals surface area contributed by atoms with E-state index in [-0.39, 0.29) is 17.9 Å². The maximum absolute atomic E-state index is 11.6. The molecule has 0 aromatic heterocycles. The molecule has 2 atom stereocenters. The van der Waals surface area contributed by atoms with E-state index in [0.29, 0.717) is 31.3 Å². The van der Waals surface area contributed by atoms with Gasteiger partial charge in [-0.15, -0.1) is 0 Å². The SMILES string of the molecule is CC(CCNC(=O)NCC(C)C(C)(C)C)CCC(=O)O. The van der Waals surface area contributed by atoms with Gasteiger partial charge in [-0.05, 0) is 30.1 Å². The number of urea groups is 1. The standard InChI is InChI=1S/C15H30N2O3/c1-11(6-7-13(18)19)8-9-16-14(20)17-10-12(2)15(3,4)5/h11-12H,6-10H2,1-5H3,(H,18,19)(H2,16,17,20). The summed E-state index contributed by atoms with van der Waals surface area (Å²) in [7, 11) is 0. The fraction of sp³-hybridized carbons (Fsp3) is 0.867. The zero-order valence-corrected chi connectivity index (χ0v) is 13.5. The van der Waals surface area contributed by atoms with Gasteiger partial charge in [0.25, 0.3) is 0 Å². The van der Waals surface area contributed by atoms with Gasteiger partial charge in [-0.2, -0.15) is 0 Å². The number of carbonyl (C=O) groups is 2. The average Bonchev–Trinajstić information content (AvgIpc) is 2.32. The van der Waals surface area contributed by atoms with Crippen molar-refractivity contribution >= 4 is 12.0 Å². The molecule has 0 aliphatic heterocycles. The number of carboxylic acids is 1. The number of hydrogen-bond acceptors (Lipinski definition) is 2. The van der Waals surface area contributed by atoms with E-state index in [0.717, 1.165) is 6.42 Å². The second-order valence-corrected chi connectivity index (χ2v) is 6.73. The fourth-order valence-electron chi connectivity index (χ4n) is 1.56. The van der Waals surface area contributed by atoms with Gasteiger partial charge in [0.05, 0.1) is 0 Å². The van der Waals surface area contributed by atoms with Crippen LogP contribution in [0.5, 0.6) is 0 Å². The summed E-state index contributed by atoms with van der Waals surface area (Å²) in [6.45, 7) is 11.8. The van der Waals surface area contributed by atoms with Crippen LogP contribution < -0.4 is 10.6 Å². The summed E-state index contributed by atoms with van der Waals surface area (Å²) < 4.78 is 0. The quantitative estimate of drug-likeness (QED) is 0.642. The molecule has 0 aromatic carbocycles. The number of rotatable bonds is 8. The minimum absolute atomic E-state index is 0.147. The lowest BCUT2D eigenvalue weighted by molar-refractivity contribution is -0.137. The first-order chi connectivity index (χ1) is 9.12. The van der Waals surface area contributed by atoms with Crippen LogP contribution in [-0.4, -0.2) is 30.2 Å². The van der Waals surface area contributed by atoms with Gasteiger partial charge in [0.1, 0.15) is 0 Å². The lowest BCUT2D eigenvalue weighted by atomic mass is 9.82. The molecule has 5 heteroatoms. The maximum atomic E-state index is 11.6. The second-order valence-electron chi connectivity index (χ2n) is 6.73. The molecule has 2 unspecified atom stereocenters. The Morgan fingerprint density at radius 1 is 1.10 bits per heavy atom. The highest BCUT2D eigenvalue weighted by molar-refractivity contribution is 5.73. The highest BCUT2D eigenvalue weighted by Gasteiger charge is 2.20. The van der Waals surface area contributed by atoms with Crippen LogP contribution >= 0.6 is 0 Å².